The summed E-state index contributed by atoms with van der Waals surface area (Å²) in [7, 11) is 0. The van der Waals surface area contributed by atoms with E-state index in [1.807, 2.05) is 0 Å². The van der Waals surface area contributed by atoms with Crippen molar-refractivity contribution < 1.29 is 38.7 Å². The maximum absolute atomic E-state index is 13.5. The van der Waals surface area contributed by atoms with Crippen molar-refractivity contribution in [1.29, 1.82) is 0 Å². The van der Waals surface area contributed by atoms with Crippen molar-refractivity contribution in [1.82, 2.24) is 30.8 Å². The fourth-order valence-corrected chi connectivity index (χ4v) is 7.74. The number of urea groups is 1. The van der Waals surface area contributed by atoms with Gasteiger partial charge in [0, 0.05) is 22.6 Å². The molecule has 1 aromatic heterocycles. The lowest BCUT2D eigenvalue weighted by atomic mass is 10.0. The van der Waals surface area contributed by atoms with Crippen LogP contribution < -0.4 is 22.3 Å². The number of ether oxygens (including phenoxy) is 1. The van der Waals surface area contributed by atoms with Crippen molar-refractivity contribution in [3.05, 3.63) is 45.5 Å². The molecule has 1 aromatic rings. The first-order valence-corrected chi connectivity index (χ1v) is 17.5. The van der Waals surface area contributed by atoms with Gasteiger partial charge in [0.25, 0.3) is 11.8 Å². The molecule has 49 heavy (non-hydrogen) atoms. The van der Waals surface area contributed by atoms with Gasteiger partial charge in [0.1, 0.15) is 28.4 Å². The minimum absolute atomic E-state index is 0.0482. The monoisotopic (exact) mass is 734 g/mol. The number of carbonyl (C=O) groups is 5. The van der Waals surface area contributed by atoms with Crippen LogP contribution in [-0.4, -0.2) is 100 Å². The minimum Gasteiger partial charge on any atom is -0.477 e. The normalized spacial score (nSPS) is 20.9. The number of fused-ring (bicyclic) bond motifs is 2. The van der Waals surface area contributed by atoms with Gasteiger partial charge in [0.15, 0.2) is 16.7 Å². The number of carboxylic acid groups (broad SMARTS) is 1. The quantitative estimate of drug-likeness (QED) is 0.0984. The molecule has 0 bridgehead atoms. The molecule has 0 saturated carbocycles. The number of aliphatic imine (C=N–C) groups is 1. The molecule has 5 heterocycles. The standard InChI is InChI=1S/C28H34N10O8S3/c1-12-7-16(38-15(31-12)8-36(35-38)26(30)44)47-9-13-10-48-22-18(21(40)37(22)19(13)23(41)42)33-20(39)17(14-11-49-25(29)32-14)34-46-28(5,6)24(43)45-27(2,3)4/h7-8,11,18,22,35H,9-10H2,1-6H3,(H2,29,32)(H2,30,44)(H,33,39)(H,41,42)/t18-,22-/m1/s1. The van der Waals surface area contributed by atoms with E-state index >= 15 is 0 Å². The Morgan fingerprint density at radius 2 is 1.96 bits per heavy atom. The zero-order valence-electron chi connectivity index (χ0n) is 27.2. The second-order valence-electron chi connectivity index (χ2n) is 12.4. The number of nitrogens with zero attached hydrogens (tertiary/aromatic N) is 6. The first-order chi connectivity index (χ1) is 22.9. The molecule has 4 aliphatic rings. The highest BCUT2D eigenvalue weighted by Gasteiger charge is 2.54. The van der Waals surface area contributed by atoms with E-state index in [1.54, 1.807) is 33.8 Å². The molecule has 0 spiro atoms. The Morgan fingerprint density at radius 1 is 1.24 bits per heavy atom. The molecule has 4 amide bonds. The Morgan fingerprint density at radius 3 is 2.57 bits per heavy atom. The molecule has 0 aromatic carbocycles. The van der Waals surface area contributed by atoms with Gasteiger partial charge in [-0.25, -0.2) is 34.4 Å². The number of thiazole rings is 1. The number of primary amides is 1. The average molecular weight is 735 g/mol. The number of carbonyl (C=O) groups excluding carboxylic acids is 4. The van der Waals surface area contributed by atoms with Gasteiger partial charge in [-0.2, -0.15) is 0 Å². The Bertz CT molecular complexity index is 1780. The lowest BCUT2D eigenvalue weighted by molar-refractivity contribution is -0.179. The number of nitrogen functional groups attached to an aromatic ring is 1. The number of aliphatic carboxylic acids is 1. The summed E-state index contributed by atoms with van der Waals surface area (Å²) in [5.74, 6) is -2.65. The van der Waals surface area contributed by atoms with Gasteiger partial charge < -0.3 is 31.5 Å². The van der Waals surface area contributed by atoms with Gasteiger partial charge in [-0.3, -0.25) is 14.5 Å². The van der Waals surface area contributed by atoms with E-state index in [9.17, 15) is 29.1 Å². The van der Waals surface area contributed by atoms with Crippen LogP contribution >= 0.6 is 34.9 Å². The number of hydrazine groups is 2. The predicted molar refractivity (Wildman–Crippen MR) is 182 cm³/mol. The van der Waals surface area contributed by atoms with E-state index in [4.69, 9.17) is 21.0 Å². The van der Waals surface area contributed by atoms with Crippen LogP contribution in [0.25, 0.3) is 0 Å². The molecule has 4 aliphatic heterocycles. The van der Waals surface area contributed by atoms with Crippen LogP contribution in [0.15, 0.2) is 49.9 Å². The highest BCUT2D eigenvalue weighted by atomic mass is 32.2. The number of aromatic nitrogens is 1. The number of oxime groups is 1. The third-order valence-corrected chi connectivity index (χ3v) is 10.0. The average Bonchev–Trinajstić information content (AvgIpc) is 3.63. The van der Waals surface area contributed by atoms with E-state index in [1.165, 1.54) is 54.0 Å². The SMILES string of the molecule is CC1=NC2=CN(C(N)=O)NN2C(SCC2=C(C(=O)O)N3C(=O)[C@@H](NC(=O)C(=NOC(C)(C)C(=O)OC(C)(C)C)c4csc(N)n4)[C@H]3SC2)=C1. The number of anilines is 1. The summed E-state index contributed by atoms with van der Waals surface area (Å²) < 4.78 is 5.39. The lowest BCUT2D eigenvalue weighted by Gasteiger charge is -2.49. The number of rotatable bonds is 10. The van der Waals surface area contributed by atoms with Gasteiger partial charge >= 0.3 is 18.0 Å². The van der Waals surface area contributed by atoms with E-state index in [0.29, 0.717) is 22.1 Å². The topological polar surface area (TPSA) is 247 Å². The second-order valence-corrected chi connectivity index (χ2v) is 15.4. The molecular weight excluding hydrogens is 701 g/mol. The molecule has 5 rings (SSSR count). The largest absolute Gasteiger partial charge is 0.477 e. The van der Waals surface area contributed by atoms with Crippen molar-refractivity contribution in [2.45, 2.75) is 64.2 Å². The highest BCUT2D eigenvalue weighted by Crippen LogP contribution is 2.42. The lowest BCUT2D eigenvalue weighted by Crippen LogP contribution is -2.71. The summed E-state index contributed by atoms with van der Waals surface area (Å²) >= 11 is 3.60. The van der Waals surface area contributed by atoms with E-state index < -0.39 is 52.4 Å². The Kier molecular flexibility index (Phi) is 9.74. The first kappa shape index (κ1) is 35.7. The zero-order chi connectivity index (χ0) is 36.0. The zero-order valence-corrected chi connectivity index (χ0v) is 29.6. The maximum atomic E-state index is 13.5. The van der Waals surface area contributed by atoms with Crippen LogP contribution in [0.4, 0.5) is 9.93 Å². The molecule has 2 atom stereocenters. The van der Waals surface area contributed by atoms with Crippen molar-refractivity contribution in [3.8, 4) is 0 Å². The smallest absolute Gasteiger partial charge is 0.353 e. The maximum Gasteiger partial charge on any atom is 0.353 e. The fraction of sp³-hybridized carbons (Fsp3) is 0.429. The number of allylic oxidation sites excluding steroid dienone is 1. The number of nitrogens with two attached hydrogens (primary N) is 2. The van der Waals surface area contributed by atoms with Crippen molar-refractivity contribution in [2.75, 3.05) is 17.2 Å². The van der Waals surface area contributed by atoms with Crippen LogP contribution in [-0.2, 0) is 28.8 Å². The molecule has 21 heteroatoms. The van der Waals surface area contributed by atoms with Gasteiger partial charge in [-0.15, -0.1) is 40.4 Å². The van der Waals surface area contributed by atoms with Crippen LogP contribution in [0.1, 0.15) is 47.2 Å². The van der Waals surface area contributed by atoms with E-state index in [0.717, 1.165) is 21.2 Å². The summed E-state index contributed by atoms with van der Waals surface area (Å²) in [5.41, 5.74) is 12.2. The number of amides is 4. The Balaban J connectivity index is 1.30. The summed E-state index contributed by atoms with van der Waals surface area (Å²) in [6.45, 7) is 9.69. The Labute approximate surface area is 292 Å². The molecule has 1 saturated heterocycles. The van der Waals surface area contributed by atoms with Crippen LogP contribution in [0, 0.1) is 0 Å². The first-order valence-electron chi connectivity index (χ1n) is 14.5. The van der Waals surface area contributed by atoms with Gasteiger partial charge in [0.2, 0.25) is 5.60 Å². The molecule has 18 nitrogen and oxygen atoms in total. The van der Waals surface area contributed by atoms with Crippen molar-refractivity contribution in [2.24, 2.45) is 15.9 Å². The summed E-state index contributed by atoms with van der Waals surface area (Å²) in [5, 5.41) is 20.8. The molecule has 0 unspecified atom stereocenters. The predicted octanol–water partition coefficient (Wildman–Crippen LogP) is 1.27. The van der Waals surface area contributed by atoms with Crippen molar-refractivity contribution >= 4 is 81.2 Å². The van der Waals surface area contributed by atoms with Crippen molar-refractivity contribution in [3.63, 3.8) is 0 Å². The number of thioether (sulfide) groups is 2. The third kappa shape index (κ3) is 7.53. The summed E-state index contributed by atoms with van der Waals surface area (Å²) in [6.07, 6.45) is 3.19. The Hall–Kier alpha value is -4.60. The number of carboxylic acids is 1. The number of hydrogen-bond donors (Lipinski definition) is 5. The van der Waals surface area contributed by atoms with Gasteiger partial charge in [-0.05, 0) is 53.2 Å². The van der Waals surface area contributed by atoms with Crippen LogP contribution in [0.2, 0.25) is 0 Å². The molecular formula is C28H34N10O8S3. The molecule has 7 N–H and O–H groups in total. The van der Waals surface area contributed by atoms with E-state index in [-0.39, 0.29) is 33.7 Å². The number of β-lactam (4-membered cyclic amide) rings is 1. The second kappa shape index (κ2) is 13.4. The number of hydrogen-bond acceptors (Lipinski definition) is 16. The summed E-state index contributed by atoms with van der Waals surface area (Å²) in [6, 6.07) is -1.84. The minimum atomic E-state index is -1.60. The number of esters is 1. The fourth-order valence-electron chi connectivity index (χ4n) is 4.64. The van der Waals surface area contributed by atoms with Crippen LogP contribution in [0.5, 0.6) is 0 Å². The molecule has 0 radical (unpaired) electrons. The third-order valence-electron chi connectivity index (χ3n) is 6.93. The summed E-state index contributed by atoms with van der Waals surface area (Å²) in [4.78, 5) is 78.9. The van der Waals surface area contributed by atoms with Crippen LogP contribution in [0.3, 0.4) is 0 Å². The highest BCUT2D eigenvalue weighted by molar-refractivity contribution is 8.03. The molecule has 0 aliphatic carbocycles. The van der Waals surface area contributed by atoms with E-state index in [2.05, 4.69) is 26.0 Å². The van der Waals surface area contributed by atoms with Gasteiger partial charge in [-0.1, -0.05) is 5.16 Å². The molecule has 262 valence electrons. The number of nitrogens with one attached hydrogen (secondary N) is 2. The van der Waals surface area contributed by atoms with Gasteiger partial charge in [0.05, 0.1) is 11.2 Å². The molecule has 1 fully saturated rings.